The smallest absolute Gasteiger partial charge is 0.345 e. The molecule has 0 saturated carbocycles. The molecule has 0 bridgehead atoms. The van der Waals surface area contributed by atoms with E-state index in [2.05, 4.69) is 20.4 Å². The van der Waals surface area contributed by atoms with E-state index >= 15 is 0 Å². The Labute approximate surface area is 207 Å². The van der Waals surface area contributed by atoms with Crippen LogP contribution < -0.4 is 15.4 Å². The molecule has 0 saturated heterocycles. The molecule has 6 nitrogen and oxygen atoms in total. The van der Waals surface area contributed by atoms with Crippen LogP contribution in [0.1, 0.15) is 30.7 Å². The molecule has 1 atom stereocenters. The summed E-state index contributed by atoms with van der Waals surface area (Å²) in [6.07, 6.45) is 0. The van der Waals surface area contributed by atoms with E-state index in [0.717, 1.165) is 29.4 Å². The third-order valence-corrected chi connectivity index (χ3v) is 5.63. The van der Waals surface area contributed by atoms with Crippen LogP contribution >= 0.6 is 11.6 Å². The molecule has 0 unspecified atom stereocenters. The number of alkyl halides is 2. The summed E-state index contributed by atoms with van der Waals surface area (Å²) >= 11 is 6.37. The number of benzene rings is 2. The standard InChI is InChI=1S/C24H26BClF3N3O3/c1-4-30-19-8-13(2)31-22-15(19)6-5-7-20(22)34-11-16-17(9-14(27)10-18(16)26)24(3,25)32-21(33)12-35-23(28)29/h5-10,23H,4,11-12,25H2,1-3H3,(H,30,31)(H,32,33)/t24-/m0/s1. The molecule has 11 heteroatoms. The normalized spacial score (nSPS) is 13.0. The van der Waals surface area contributed by atoms with Gasteiger partial charge in [-0.3, -0.25) is 4.79 Å². The summed E-state index contributed by atoms with van der Waals surface area (Å²) < 4.78 is 49.0. The fourth-order valence-corrected chi connectivity index (χ4v) is 4.11. The zero-order valence-electron chi connectivity index (χ0n) is 19.8. The van der Waals surface area contributed by atoms with Crippen molar-refractivity contribution in [3.63, 3.8) is 0 Å². The Bertz CT molecular complexity index is 1230. The maximum atomic E-state index is 14.3. The van der Waals surface area contributed by atoms with Crippen molar-refractivity contribution in [3.05, 3.63) is 64.1 Å². The van der Waals surface area contributed by atoms with Crippen molar-refractivity contribution in [2.45, 2.75) is 39.4 Å². The van der Waals surface area contributed by atoms with Crippen molar-refractivity contribution >= 4 is 41.9 Å². The van der Waals surface area contributed by atoms with Gasteiger partial charge in [0.2, 0.25) is 5.91 Å². The molecular weight excluding hydrogens is 482 g/mol. The number of hydrogen-bond donors (Lipinski definition) is 2. The van der Waals surface area contributed by atoms with Gasteiger partial charge in [0, 0.05) is 34.3 Å². The lowest BCUT2D eigenvalue weighted by Gasteiger charge is -2.30. The van der Waals surface area contributed by atoms with Gasteiger partial charge in [-0.15, -0.1) is 0 Å². The minimum Gasteiger partial charge on any atom is -0.487 e. The summed E-state index contributed by atoms with van der Waals surface area (Å²) in [5, 5.41) is 6.88. The largest absolute Gasteiger partial charge is 0.487 e. The quantitative estimate of drug-likeness (QED) is 0.395. The van der Waals surface area contributed by atoms with Crippen molar-refractivity contribution in [3.8, 4) is 5.75 Å². The molecule has 0 radical (unpaired) electrons. The van der Waals surface area contributed by atoms with Gasteiger partial charge in [0.15, 0.2) is 0 Å². The van der Waals surface area contributed by atoms with E-state index < -0.39 is 30.4 Å². The van der Waals surface area contributed by atoms with Crippen LogP contribution in [0.3, 0.4) is 0 Å². The maximum absolute atomic E-state index is 14.3. The van der Waals surface area contributed by atoms with E-state index in [1.165, 1.54) is 6.07 Å². The minimum atomic E-state index is -3.08. The Morgan fingerprint density at radius 2 is 2.03 bits per heavy atom. The topological polar surface area (TPSA) is 72.5 Å². The molecule has 1 amide bonds. The van der Waals surface area contributed by atoms with Crippen LogP contribution in [0.15, 0.2) is 36.4 Å². The van der Waals surface area contributed by atoms with Crippen LogP contribution in [0.2, 0.25) is 5.02 Å². The monoisotopic (exact) mass is 507 g/mol. The number of hydrogen-bond acceptors (Lipinski definition) is 5. The van der Waals surface area contributed by atoms with Crippen molar-refractivity contribution in [2.75, 3.05) is 18.5 Å². The third kappa shape index (κ3) is 6.58. The molecule has 186 valence electrons. The molecule has 0 aliphatic heterocycles. The molecule has 2 N–H and O–H groups in total. The number of carbonyl (C=O) groups excluding carboxylic acids is 1. The summed E-state index contributed by atoms with van der Waals surface area (Å²) in [5.74, 6) is -0.895. The second-order valence-electron chi connectivity index (χ2n) is 8.44. The molecule has 2 aromatic carbocycles. The van der Waals surface area contributed by atoms with Crippen molar-refractivity contribution < 1.29 is 27.4 Å². The van der Waals surface area contributed by atoms with E-state index in [4.69, 9.17) is 16.3 Å². The summed E-state index contributed by atoms with van der Waals surface area (Å²) in [5.41, 5.74) is 1.99. The van der Waals surface area contributed by atoms with Crippen LogP contribution in [0.4, 0.5) is 18.9 Å². The third-order valence-electron chi connectivity index (χ3n) is 5.30. The number of aromatic nitrogens is 1. The summed E-state index contributed by atoms with van der Waals surface area (Å²) in [6, 6.07) is 9.88. The van der Waals surface area contributed by atoms with E-state index in [1.807, 2.05) is 32.0 Å². The number of nitrogens with one attached hydrogen (secondary N) is 2. The molecule has 0 aliphatic carbocycles. The number of pyridine rings is 1. The fourth-order valence-electron chi connectivity index (χ4n) is 3.85. The summed E-state index contributed by atoms with van der Waals surface area (Å²) in [6.45, 7) is 2.25. The zero-order chi connectivity index (χ0) is 25.8. The lowest BCUT2D eigenvalue weighted by Crippen LogP contribution is -2.46. The Hall–Kier alpha value is -2.98. The fraction of sp³-hybridized carbons (Fsp3) is 0.333. The number of aryl methyl sites for hydroxylation is 1. The Balaban J connectivity index is 1.93. The minimum absolute atomic E-state index is 0.0491. The van der Waals surface area contributed by atoms with Crippen LogP contribution in [0.5, 0.6) is 5.75 Å². The second kappa shape index (κ2) is 11.2. The van der Waals surface area contributed by atoms with Crippen LogP contribution in [-0.4, -0.2) is 38.5 Å². The van der Waals surface area contributed by atoms with Gasteiger partial charge in [-0.2, -0.15) is 8.78 Å². The molecule has 35 heavy (non-hydrogen) atoms. The number of para-hydroxylation sites is 1. The molecule has 0 spiro atoms. The number of fused-ring (bicyclic) bond motifs is 1. The highest BCUT2D eigenvalue weighted by Crippen LogP contribution is 2.33. The van der Waals surface area contributed by atoms with E-state index in [0.29, 0.717) is 22.4 Å². The van der Waals surface area contributed by atoms with Crippen LogP contribution in [0.25, 0.3) is 10.9 Å². The van der Waals surface area contributed by atoms with E-state index in [1.54, 1.807) is 20.8 Å². The molecule has 0 aliphatic rings. The lowest BCUT2D eigenvalue weighted by atomic mass is 9.72. The van der Waals surface area contributed by atoms with Crippen molar-refractivity contribution in [2.24, 2.45) is 0 Å². The average Bonchev–Trinajstić information content (AvgIpc) is 2.76. The first-order chi connectivity index (χ1) is 16.5. The Kier molecular flexibility index (Phi) is 8.50. The molecule has 1 aromatic heterocycles. The Morgan fingerprint density at radius 1 is 1.29 bits per heavy atom. The van der Waals surface area contributed by atoms with Crippen molar-refractivity contribution in [1.29, 1.82) is 0 Å². The molecule has 3 rings (SSSR count). The number of amides is 1. The number of halogens is 4. The Morgan fingerprint density at radius 3 is 2.71 bits per heavy atom. The highest BCUT2D eigenvalue weighted by atomic mass is 35.5. The van der Waals surface area contributed by atoms with Gasteiger partial charge in [-0.1, -0.05) is 23.7 Å². The molecule has 0 fully saturated rings. The van der Waals surface area contributed by atoms with Gasteiger partial charge in [0.1, 0.15) is 38.1 Å². The first-order valence-electron chi connectivity index (χ1n) is 11.0. The van der Waals surface area contributed by atoms with Crippen LogP contribution in [-0.2, 0) is 21.6 Å². The number of rotatable bonds is 10. The predicted molar refractivity (Wildman–Crippen MR) is 132 cm³/mol. The van der Waals surface area contributed by atoms with E-state index in [-0.39, 0.29) is 11.6 Å². The van der Waals surface area contributed by atoms with Gasteiger partial charge in [-0.05, 0) is 50.6 Å². The SMILES string of the molecule is B[C@@](C)(NC(=O)COC(F)F)c1cc(F)cc(Cl)c1COc1cccc2c(NCC)cc(C)nc12. The zero-order valence-corrected chi connectivity index (χ0v) is 20.6. The highest BCUT2D eigenvalue weighted by Gasteiger charge is 2.28. The van der Waals surface area contributed by atoms with Crippen molar-refractivity contribution in [1.82, 2.24) is 10.3 Å². The van der Waals surface area contributed by atoms with Gasteiger partial charge in [0.25, 0.3) is 0 Å². The van der Waals surface area contributed by atoms with Crippen LogP contribution in [0, 0.1) is 12.7 Å². The summed E-state index contributed by atoms with van der Waals surface area (Å²) in [4.78, 5) is 16.7. The van der Waals surface area contributed by atoms with Gasteiger partial charge >= 0.3 is 6.61 Å². The molecule has 1 heterocycles. The second-order valence-corrected chi connectivity index (χ2v) is 8.85. The first-order valence-corrected chi connectivity index (χ1v) is 11.4. The number of carbonyl (C=O) groups is 1. The van der Waals surface area contributed by atoms with Gasteiger partial charge < -0.3 is 20.1 Å². The number of ether oxygens (including phenoxy) is 2. The molecular formula is C24H26BClF3N3O3. The van der Waals surface area contributed by atoms with Gasteiger partial charge in [0.05, 0.1) is 5.02 Å². The lowest BCUT2D eigenvalue weighted by molar-refractivity contribution is -0.152. The number of nitrogens with zero attached hydrogens (tertiary/aromatic N) is 1. The maximum Gasteiger partial charge on any atom is 0.345 e. The average molecular weight is 508 g/mol. The number of anilines is 1. The van der Waals surface area contributed by atoms with Gasteiger partial charge in [-0.25, -0.2) is 9.37 Å². The van der Waals surface area contributed by atoms with E-state index in [9.17, 15) is 18.0 Å². The summed E-state index contributed by atoms with van der Waals surface area (Å²) in [7, 11) is 1.60. The highest BCUT2D eigenvalue weighted by molar-refractivity contribution is 6.31. The predicted octanol–water partition coefficient (Wildman–Crippen LogP) is 4.51. The molecule has 3 aromatic rings. The first kappa shape index (κ1) is 26.6.